The number of nitro benzene ring substituents is 1. The number of sulfone groups is 1. The summed E-state index contributed by atoms with van der Waals surface area (Å²) >= 11 is 0. The zero-order chi connectivity index (χ0) is 20.2. The average molecular weight is 400 g/mol. The molecule has 2 N–H and O–H groups in total. The first-order valence-electron chi connectivity index (χ1n) is 7.45. The van der Waals surface area contributed by atoms with Gasteiger partial charge in [-0.3, -0.25) is 14.9 Å². The van der Waals surface area contributed by atoms with Crippen LogP contribution in [0.15, 0.2) is 53.4 Å². The van der Waals surface area contributed by atoms with E-state index in [0.717, 1.165) is 24.3 Å². The molecular formula is C16H14F2N2O6S. The molecule has 0 bridgehead atoms. The molecule has 0 aromatic heterocycles. The SMILES string of the molecule is O=C(NC[C@H](O)c1ccc([N+](=O)[O-])cc1)c1ccc(S(=O)(=O)C(F)F)cc1. The van der Waals surface area contributed by atoms with E-state index in [9.17, 15) is 37.2 Å². The van der Waals surface area contributed by atoms with Gasteiger partial charge in [0, 0.05) is 24.2 Å². The van der Waals surface area contributed by atoms with Crippen LogP contribution in [0.4, 0.5) is 14.5 Å². The third-order valence-corrected chi connectivity index (χ3v) is 5.02. The first-order chi connectivity index (χ1) is 12.6. The van der Waals surface area contributed by atoms with Crippen LogP contribution in [0, 0.1) is 10.1 Å². The zero-order valence-electron chi connectivity index (χ0n) is 13.6. The summed E-state index contributed by atoms with van der Waals surface area (Å²) in [6, 6.07) is 9.04. The maximum absolute atomic E-state index is 12.5. The summed E-state index contributed by atoms with van der Waals surface area (Å²) in [7, 11) is -4.74. The highest BCUT2D eigenvalue weighted by molar-refractivity contribution is 7.91. The smallest absolute Gasteiger partial charge is 0.341 e. The molecule has 8 nitrogen and oxygen atoms in total. The fraction of sp³-hybridized carbons (Fsp3) is 0.188. The Bertz CT molecular complexity index is 930. The first-order valence-corrected chi connectivity index (χ1v) is 9.00. The molecule has 2 rings (SSSR count). The number of halogens is 2. The van der Waals surface area contributed by atoms with Crippen molar-refractivity contribution < 1.29 is 32.0 Å². The Morgan fingerprint density at radius 1 is 1.11 bits per heavy atom. The summed E-state index contributed by atoms with van der Waals surface area (Å²) in [5.74, 6) is -4.22. The van der Waals surface area contributed by atoms with Crippen molar-refractivity contribution in [2.24, 2.45) is 0 Å². The van der Waals surface area contributed by atoms with Gasteiger partial charge in [0.15, 0.2) is 0 Å². The molecule has 11 heteroatoms. The summed E-state index contributed by atoms with van der Waals surface area (Å²) in [4.78, 5) is 21.4. The molecule has 0 saturated carbocycles. The number of nitrogens with one attached hydrogen (secondary N) is 1. The number of hydrogen-bond acceptors (Lipinski definition) is 6. The molecule has 2 aromatic rings. The Morgan fingerprint density at radius 2 is 1.67 bits per heavy atom. The molecule has 27 heavy (non-hydrogen) atoms. The van der Waals surface area contributed by atoms with E-state index in [-0.39, 0.29) is 17.8 Å². The van der Waals surface area contributed by atoms with Gasteiger partial charge < -0.3 is 10.4 Å². The monoisotopic (exact) mass is 400 g/mol. The normalized spacial score (nSPS) is 12.6. The standard InChI is InChI=1S/C16H14F2N2O6S/c17-16(18)27(25,26)13-7-3-11(4-8-13)15(22)19-9-14(21)10-1-5-12(6-2-10)20(23)24/h1-8,14,16,21H,9H2,(H,19,22)/t14-/m0/s1. The predicted molar refractivity (Wildman–Crippen MR) is 90.0 cm³/mol. The van der Waals surface area contributed by atoms with Crippen LogP contribution in [0.25, 0.3) is 0 Å². The third kappa shape index (κ3) is 4.83. The third-order valence-electron chi connectivity index (χ3n) is 3.62. The van der Waals surface area contributed by atoms with Gasteiger partial charge >= 0.3 is 5.76 Å². The minimum absolute atomic E-state index is 0.0131. The molecule has 0 aliphatic carbocycles. The number of nitro groups is 1. The lowest BCUT2D eigenvalue weighted by atomic mass is 10.1. The highest BCUT2D eigenvalue weighted by atomic mass is 32.2. The fourth-order valence-corrected chi connectivity index (χ4v) is 2.85. The number of amides is 1. The van der Waals surface area contributed by atoms with Crippen LogP contribution in [0.2, 0.25) is 0 Å². The van der Waals surface area contributed by atoms with Crippen molar-refractivity contribution in [1.29, 1.82) is 0 Å². The number of aliphatic hydroxyl groups excluding tert-OH is 1. The second kappa shape index (κ2) is 8.18. The van der Waals surface area contributed by atoms with Crippen LogP contribution in [0.1, 0.15) is 22.0 Å². The molecule has 0 saturated heterocycles. The van der Waals surface area contributed by atoms with Crippen LogP contribution in [-0.2, 0) is 9.84 Å². The van der Waals surface area contributed by atoms with Crippen LogP contribution in [0.5, 0.6) is 0 Å². The largest absolute Gasteiger partial charge is 0.387 e. The number of hydrogen-bond donors (Lipinski definition) is 2. The second-order valence-corrected chi connectivity index (χ2v) is 7.32. The highest BCUT2D eigenvalue weighted by Crippen LogP contribution is 2.19. The second-order valence-electron chi connectivity index (χ2n) is 5.40. The molecule has 0 aliphatic heterocycles. The average Bonchev–Trinajstić information content (AvgIpc) is 2.65. The van der Waals surface area contributed by atoms with Crippen molar-refractivity contribution in [3.05, 3.63) is 69.8 Å². The fourth-order valence-electron chi connectivity index (χ4n) is 2.13. The molecule has 1 atom stereocenters. The predicted octanol–water partition coefficient (Wildman–Crippen LogP) is 2.05. The molecular weight excluding hydrogens is 386 g/mol. The maximum Gasteiger partial charge on any atom is 0.341 e. The number of carbonyl (C=O) groups is 1. The minimum atomic E-state index is -4.74. The Labute approximate surface area is 152 Å². The zero-order valence-corrected chi connectivity index (χ0v) is 14.4. The molecule has 1 amide bonds. The van der Waals surface area contributed by atoms with Crippen molar-refractivity contribution in [1.82, 2.24) is 5.32 Å². The van der Waals surface area contributed by atoms with E-state index in [1.807, 2.05) is 0 Å². The number of carbonyl (C=O) groups excluding carboxylic acids is 1. The Kier molecular flexibility index (Phi) is 6.18. The van der Waals surface area contributed by atoms with Crippen LogP contribution >= 0.6 is 0 Å². The Balaban J connectivity index is 2.00. The lowest BCUT2D eigenvalue weighted by molar-refractivity contribution is -0.384. The van der Waals surface area contributed by atoms with Crippen molar-refractivity contribution in [3.8, 4) is 0 Å². The van der Waals surface area contributed by atoms with Crippen LogP contribution in [0.3, 0.4) is 0 Å². The number of non-ortho nitro benzene ring substituents is 1. The number of rotatable bonds is 7. The van der Waals surface area contributed by atoms with Crippen molar-refractivity contribution in [2.75, 3.05) is 6.54 Å². The molecule has 0 spiro atoms. The number of aliphatic hydroxyl groups is 1. The number of nitrogens with zero attached hydrogens (tertiary/aromatic N) is 1. The van der Waals surface area contributed by atoms with Gasteiger partial charge in [0.25, 0.3) is 11.6 Å². The van der Waals surface area contributed by atoms with E-state index in [4.69, 9.17) is 0 Å². The lowest BCUT2D eigenvalue weighted by Gasteiger charge is -2.12. The summed E-state index contributed by atoms with van der Waals surface area (Å²) in [6.45, 7) is -0.215. The van der Waals surface area contributed by atoms with E-state index >= 15 is 0 Å². The molecule has 2 aromatic carbocycles. The summed E-state index contributed by atoms with van der Waals surface area (Å²) in [5.41, 5.74) is 0.215. The van der Waals surface area contributed by atoms with Gasteiger partial charge in [-0.25, -0.2) is 8.42 Å². The summed E-state index contributed by atoms with van der Waals surface area (Å²) in [6.07, 6.45) is -1.13. The van der Waals surface area contributed by atoms with Crippen LogP contribution in [-0.4, -0.2) is 36.7 Å². The molecule has 0 unspecified atom stereocenters. The Morgan fingerprint density at radius 3 is 2.15 bits per heavy atom. The van der Waals surface area contributed by atoms with E-state index in [0.29, 0.717) is 5.56 Å². The van der Waals surface area contributed by atoms with Gasteiger partial charge in [-0.2, -0.15) is 8.78 Å². The molecule has 0 aliphatic rings. The van der Waals surface area contributed by atoms with Gasteiger partial charge in [-0.15, -0.1) is 0 Å². The van der Waals surface area contributed by atoms with E-state index in [2.05, 4.69) is 5.32 Å². The first kappa shape index (κ1) is 20.4. The summed E-state index contributed by atoms with van der Waals surface area (Å²) < 4.78 is 47.6. The van der Waals surface area contributed by atoms with E-state index in [1.54, 1.807) is 0 Å². The summed E-state index contributed by atoms with van der Waals surface area (Å²) in [5, 5.41) is 23.0. The maximum atomic E-state index is 12.5. The topological polar surface area (TPSA) is 127 Å². The van der Waals surface area contributed by atoms with E-state index in [1.165, 1.54) is 24.3 Å². The number of benzene rings is 2. The molecule has 0 fully saturated rings. The minimum Gasteiger partial charge on any atom is -0.387 e. The van der Waals surface area contributed by atoms with E-state index < -0.39 is 37.4 Å². The molecule has 144 valence electrons. The quantitative estimate of drug-likeness (QED) is 0.541. The number of alkyl halides is 2. The highest BCUT2D eigenvalue weighted by Gasteiger charge is 2.26. The van der Waals surface area contributed by atoms with Crippen molar-refractivity contribution in [3.63, 3.8) is 0 Å². The molecule has 0 radical (unpaired) electrons. The van der Waals surface area contributed by atoms with Gasteiger partial charge in [0.2, 0.25) is 9.84 Å². The van der Waals surface area contributed by atoms with Gasteiger partial charge in [-0.05, 0) is 42.0 Å². The van der Waals surface area contributed by atoms with Gasteiger partial charge in [0.1, 0.15) is 0 Å². The Hall–Kier alpha value is -2.92. The lowest BCUT2D eigenvalue weighted by Crippen LogP contribution is -2.28. The van der Waals surface area contributed by atoms with Gasteiger partial charge in [0.05, 0.1) is 15.9 Å². The molecule has 0 heterocycles. The van der Waals surface area contributed by atoms with Crippen molar-refractivity contribution >= 4 is 21.4 Å². The van der Waals surface area contributed by atoms with Crippen molar-refractivity contribution in [2.45, 2.75) is 16.8 Å². The van der Waals surface area contributed by atoms with Gasteiger partial charge in [-0.1, -0.05) is 0 Å². The van der Waals surface area contributed by atoms with Crippen LogP contribution < -0.4 is 5.32 Å².